The summed E-state index contributed by atoms with van der Waals surface area (Å²) in [5.74, 6) is -0.428. The van der Waals surface area contributed by atoms with Crippen molar-refractivity contribution in [3.8, 4) is 5.69 Å². The average molecular weight is 451 g/mol. The van der Waals surface area contributed by atoms with Crippen LogP contribution in [0.1, 0.15) is 22.5 Å². The minimum Gasteiger partial charge on any atom is -0.323 e. The van der Waals surface area contributed by atoms with Crippen molar-refractivity contribution >= 4 is 27.7 Å². The molecule has 0 saturated carbocycles. The number of aromatic nitrogens is 2. The quantitative estimate of drug-likeness (QED) is 0.384. The van der Waals surface area contributed by atoms with Crippen LogP contribution in [-0.4, -0.2) is 30.7 Å². The van der Waals surface area contributed by atoms with Crippen molar-refractivity contribution in [1.82, 2.24) is 14.5 Å². The van der Waals surface area contributed by atoms with Crippen molar-refractivity contribution in [3.05, 3.63) is 95.8 Å². The van der Waals surface area contributed by atoms with Crippen molar-refractivity contribution in [2.24, 2.45) is 0 Å². The predicted octanol–water partition coefficient (Wildman–Crippen LogP) is 3.75. The van der Waals surface area contributed by atoms with Gasteiger partial charge in [0.15, 0.2) is 0 Å². The summed E-state index contributed by atoms with van der Waals surface area (Å²) >= 11 is 0. The van der Waals surface area contributed by atoms with Gasteiger partial charge in [0, 0.05) is 29.6 Å². The maximum Gasteiger partial charge on any atom is 0.248 e. The van der Waals surface area contributed by atoms with E-state index in [0.717, 1.165) is 22.6 Å². The fourth-order valence-electron chi connectivity index (χ4n) is 3.20. The van der Waals surface area contributed by atoms with Gasteiger partial charge in [-0.15, -0.1) is 6.58 Å². The van der Waals surface area contributed by atoms with E-state index in [1.165, 1.54) is 12.2 Å². The minimum atomic E-state index is -3.43. The molecule has 0 radical (unpaired) electrons. The molecule has 2 aromatic carbocycles. The highest BCUT2D eigenvalue weighted by Gasteiger charge is 2.12. The first-order chi connectivity index (χ1) is 15.3. The molecule has 1 heterocycles. The van der Waals surface area contributed by atoms with E-state index in [2.05, 4.69) is 21.7 Å². The fraction of sp³-hybridized carbons (Fsp3) is 0.167. The minimum absolute atomic E-state index is 0.140. The summed E-state index contributed by atoms with van der Waals surface area (Å²) in [4.78, 5) is 12.4. The van der Waals surface area contributed by atoms with Gasteiger partial charge in [-0.1, -0.05) is 36.4 Å². The molecule has 166 valence electrons. The number of hydrogen-bond donors (Lipinski definition) is 2. The molecule has 0 spiro atoms. The van der Waals surface area contributed by atoms with Gasteiger partial charge in [-0.05, 0) is 49.8 Å². The van der Waals surface area contributed by atoms with E-state index >= 15 is 0 Å². The summed E-state index contributed by atoms with van der Waals surface area (Å²) in [6.45, 7) is 7.54. The summed E-state index contributed by atoms with van der Waals surface area (Å²) < 4.78 is 28.2. The first-order valence-electron chi connectivity index (χ1n) is 10.1. The normalized spacial score (nSPS) is 11.6. The molecule has 32 heavy (non-hydrogen) atoms. The van der Waals surface area contributed by atoms with Gasteiger partial charge in [-0.25, -0.2) is 17.8 Å². The number of hydrogen-bond acceptors (Lipinski definition) is 4. The summed E-state index contributed by atoms with van der Waals surface area (Å²) in [5.41, 5.74) is 4.80. The summed E-state index contributed by atoms with van der Waals surface area (Å²) in [7, 11) is -3.43. The van der Waals surface area contributed by atoms with Gasteiger partial charge in [0.1, 0.15) is 0 Å². The lowest BCUT2D eigenvalue weighted by Gasteiger charge is -2.07. The molecule has 7 nitrogen and oxygen atoms in total. The Bertz CT molecular complexity index is 1230. The largest absolute Gasteiger partial charge is 0.323 e. The molecule has 0 fully saturated rings. The number of nitrogens with one attached hydrogen (secondary N) is 2. The number of amides is 1. The zero-order chi connectivity index (χ0) is 23.1. The molecule has 0 saturated heterocycles. The number of rotatable bonds is 9. The highest BCUT2D eigenvalue weighted by atomic mass is 32.2. The van der Waals surface area contributed by atoms with Crippen LogP contribution in [0.3, 0.4) is 0 Å². The Morgan fingerprint density at radius 1 is 1.09 bits per heavy atom. The van der Waals surface area contributed by atoms with Crippen LogP contribution >= 0.6 is 0 Å². The first-order valence-corrected chi connectivity index (χ1v) is 11.7. The number of anilines is 1. The van der Waals surface area contributed by atoms with Gasteiger partial charge >= 0.3 is 0 Å². The van der Waals surface area contributed by atoms with E-state index in [0.29, 0.717) is 11.3 Å². The fourth-order valence-corrected chi connectivity index (χ4v) is 4.31. The number of sulfonamides is 1. The molecule has 0 atom stereocenters. The number of para-hydroxylation sites is 1. The second-order valence-electron chi connectivity index (χ2n) is 7.25. The molecule has 0 aliphatic rings. The van der Waals surface area contributed by atoms with Crippen LogP contribution in [0.4, 0.5) is 5.69 Å². The lowest BCUT2D eigenvalue weighted by atomic mass is 10.1. The van der Waals surface area contributed by atoms with Crippen molar-refractivity contribution in [2.75, 3.05) is 11.9 Å². The Kier molecular flexibility index (Phi) is 7.40. The van der Waals surface area contributed by atoms with Crippen molar-refractivity contribution in [1.29, 1.82) is 0 Å². The average Bonchev–Trinajstić information content (AvgIpc) is 3.06. The molecule has 0 aliphatic carbocycles. The highest BCUT2D eigenvalue weighted by Crippen LogP contribution is 2.19. The molecule has 1 amide bonds. The molecule has 1 aromatic heterocycles. The van der Waals surface area contributed by atoms with Crippen LogP contribution in [0.25, 0.3) is 11.8 Å². The van der Waals surface area contributed by atoms with Gasteiger partial charge in [-0.2, -0.15) is 5.10 Å². The summed E-state index contributed by atoms with van der Waals surface area (Å²) in [5, 5.41) is 7.36. The van der Waals surface area contributed by atoms with Gasteiger partial charge in [-0.3, -0.25) is 4.79 Å². The predicted molar refractivity (Wildman–Crippen MR) is 128 cm³/mol. The third-order valence-electron chi connectivity index (χ3n) is 4.78. The molecular weight excluding hydrogens is 424 g/mol. The molecule has 2 N–H and O–H groups in total. The van der Waals surface area contributed by atoms with Crippen LogP contribution in [0.5, 0.6) is 0 Å². The van der Waals surface area contributed by atoms with E-state index < -0.39 is 10.0 Å². The molecular formula is C24H26N4O3S. The van der Waals surface area contributed by atoms with Crippen molar-refractivity contribution < 1.29 is 13.2 Å². The Balaban J connectivity index is 1.65. The Labute approximate surface area is 188 Å². The van der Waals surface area contributed by atoms with E-state index in [1.54, 1.807) is 30.3 Å². The lowest BCUT2D eigenvalue weighted by Crippen LogP contribution is -2.25. The Hall–Kier alpha value is -3.49. The molecule has 3 aromatic rings. The van der Waals surface area contributed by atoms with Crippen LogP contribution in [0.15, 0.2) is 73.3 Å². The van der Waals surface area contributed by atoms with E-state index in [9.17, 15) is 13.2 Å². The molecule has 8 heteroatoms. The van der Waals surface area contributed by atoms with E-state index in [-0.39, 0.29) is 18.2 Å². The number of aryl methyl sites for hydroxylation is 1. The Morgan fingerprint density at radius 2 is 1.78 bits per heavy atom. The smallest absolute Gasteiger partial charge is 0.248 e. The first kappa shape index (κ1) is 23.2. The van der Waals surface area contributed by atoms with E-state index in [4.69, 9.17) is 0 Å². The number of carbonyl (C=O) groups excluding carboxylic acids is 1. The maximum atomic E-state index is 12.4. The van der Waals surface area contributed by atoms with Gasteiger partial charge in [0.2, 0.25) is 15.9 Å². The zero-order valence-corrected chi connectivity index (χ0v) is 18.9. The lowest BCUT2D eigenvalue weighted by molar-refractivity contribution is -0.111. The summed E-state index contributed by atoms with van der Waals surface area (Å²) in [6, 6.07) is 16.5. The van der Waals surface area contributed by atoms with Crippen molar-refractivity contribution in [2.45, 2.75) is 19.6 Å². The SMILES string of the molecule is C=CCNS(=O)(=O)Cc1ccc(NC(=O)/C=C/c2c(C)nn(-c3ccccc3)c2C)cc1. The summed E-state index contributed by atoms with van der Waals surface area (Å²) in [6.07, 6.45) is 4.70. The molecule has 0 unspecified atom stereocenters. The second kappa shape index (κ2) is 10.2. The number of carbonyl (C=O) groups is 1. The standard InChI is InChI=1S/C24H26N4O3S/c1-4-16-25-32(30,31)17-20-10-12-21(13-11-20)26-24(29)15-14-23-18(2)27-28(19(23)3)22-8-6-5-7-9-22/h4-15,25H,1,16-17H2,2-3H3,(H,26,29)/b15-14+. The van der Waals surface area contributed by atoms with Gasteiger partial charge < -0.3 is 5.32 Å². The third-order valence-corrected chi connectivity index (χ3v) is 6.10. The maximum absolute atomic E-state index is 12.4. The number of nitrogens with zero attached hydrogens (tertiary/aromatic N) is 2. The van der Waals surface area contributed by atoms with Crippen LogP contribution < -0.4 is 10.0 Å². The van der Waals surface area contributed by atoms with Crippen LogP contribution in [0, 0.1) is 13.8 Å². The van der Waals surface area contributed by atoms with E-state index in [1.807, 2.05) is 48.9 Å². The van der Waals surface area contributed by atoms with Crippen LogP contribution in [-0.2, 0) is 20.6 Å². The second-order valence-corrected chi connectivity index (χ2v) is 9.05. The third kappa shape index (κ3) is 6.03. The molecule has 3 rings (SSSR count). The van der Waals surface area contributed by atoms with Crippen molar-refractivity contribution in [3.63, 3.8) is 0 Å². The topological polar surface area (TPSA) is 93.1 Å². The highest BCUT2D eigenvalue weighted by molar-refractivity contribution is 7.88. The van der Waals surface area contributed by atoms with Crippen LogP contribution in [0.2, 0.25) is 0 Å². The Morgan fingerprint density at radius 3 is 2.44 bits per heavy atom. The number of benzene rings is 2. The van der Waals surface area contributed by atoms with Gasteiger partial charge in [0.25, 0.3) is 0 Å². The molecule has 0 bridgehead atoms. The van der Waals surface area contributed by atoms with Gasteiger partial charge in [0.05, 0.1) is 17.1 Å². The zero-order valence-electron chi connectivity index (χ0n) is 18.1. The monoisotopic (exact) mass is 450 g/mol. The molecule has 0 aliphatic heterocycles.